The molecule has 0 aromatic heterocycles. The first-order valence-corrected chi connectivity index (χ1v) is 7.16. The topological polar surface area (TPSA) is 12.0 Å². The van der Waals surface area contributed by atoms with E-state index in [0.29, 0.717) is 17.8 Å². The molecule has 0 saturated heterocycles. The first kappa shape index (κ1) is 13.7. The van der Waals surface area contributed by atoms with Crippen molar-refractivity contribution in [1.82, 2.24) is 0 Å². The van der Waals surface area contributed by atoms with Gasteiger partial charge in [0.1, 0.15) is 4.90 Å². The van der Waals surface area contributed by atoms with Crippen molar-refractivity contribution in [1.29, 1.82) is 0 Å². The second-order valence-corrected chi connectivity index (χ2v) is 6.40. The van der Waals surface area contributed by atoms with Crippen LogP contribution in [-0.2, 0) is 0 Å². The first-order valence-electron chi connectivity index (χ1n) is 5.21. The normalized spacial score (nSPS) is 15.4. The summed E-state index contributed by atoms with van der Waals surface area (Å²) in [6, 6.07) is 11.3. The van der Waals surface area contributed by atoms with E-state index in [0.717, 1.165) is 6.07 Å². The second kappa shape index (κ2) is 3.63. The fourth-order valence-electron chi connectivity index (χ4n) is 1.50. The molecule has 0 aliphatic carbocycles. The minimum absolute atomic E-state index is 0.0445. The summed E-state index contributed by atoms with van der Waals surface area (Å²) in [6.07, 6.45) is 0. The van der Waals surface area contributed by atoms with Crippen molar-refractivity contribution in [3.05, 3.63) is 54.6 Å². The van der Waals surface area contributed by atoms with Crippen molar-refractivity contribution in [2.45, 2.75) is 4.90 Å². The van der Waals surface area contributed by atoms with Crippen molar-refractivity contribution < 1.29 is 19.4 Å². The van der Waals surface area contributed by atoms with E-state index in [2.05, 4.69) is 5.32 Å². The molecule has 0 unspecified atom stereocenters. The fraction of sp³-hybridized carbons (Fsp3) is 0. The molecule has 104 valence electrons. The largest absolute Gasteiger partial charge is 0.355 e. The Labute approximate surface area is 106 Å². The van der Waals surface area contributed by atoms with Crippen molar-refractivity contribution in [3.63, 3.8) is 0 Å². The molecule has 0 heterocycles. The zero-order valence-electron chi connectivity index (χ0n) is 9.49. The maximum absolute atomic E-state index is 12.6. The molecule has 1 N–H and O–H groups in total. The van der Waals surface area contributed by atoms with Gasteiger partial charge in [-0.3, -0.25) is 0 Å². The average molecular weight is 295 g/mol. The Morgan fingerprint density at radius 1 is 0.684 bits per heavy atom. The van der Waals surface area contributed by atoms with Gasteiger partial charge in [-0.1, -0.05) is 43.7 Å². The van der Waals surface area contributed by atoms with Crippen LogP contribution in [0, 0.1) is 0 Å². The molecule has 0 aliphatic heterocycles. The van der Waals surface area contributed by atoms with E-state index >= 15 is 0 Å². The van der Waals surface area contributed by atoms with Crippen LogP contribution in [0.4, 0.5) is 30.8 Å². The number of anilines is 2. The molecule has 2 aromatic carbocycles. The summed E-state index contributed by atoms with van der Waals surface area (Å²) in [5.41, 5.74) is 0.471. The second-order valence-electron chi connectivity index (χ2n) is 3.99. The van der Waals surface area contributed by atoms with E-state index in [1.165, 1.54) is 6.07 Å². The predicted molar refractivity (Wildman–Crippen MR) is 67.6 cm³/mol. The highest BCUT2D eigenvalue weighted by molar-refractivity contribution is 8.45. The average Bonchev–Trinajstić information content (AvgIpc) is 2.28. The van der Waals surface area contributed by atoms with E-state index in [1.54, 1.807) is 30.3 Å². The molecule has 1 nitrogen and oxygen atoms in total. The molecule has 0 spiro atoms. The zero-order valence-corrected chi connectivity index (χ0v) is 10.3. The molecule has 0 bridgehead atoms. The Hall–Kier alpha value is -1.76. The molecule has 19 heavy (non-hydrogen) atoms. The van der Waals surface area contributed by atoms with E-state index in [9.17, 15) is 19.4 Å². The van der Waals surface area contributed by atoms with Gasteiger partial charge >= 0.3 is 10.2 Å². The monoisotopic (exact) mass is 295 g/mol. The molecule has 0 aliphatic rings. The quantitative estimate of drug-likeness (QED) is 0.676. The van der Waals surface area contributed by atoms with Gasteiger partial charge in [0, 0.05) is 11.4 Å². The van der Waals surface area contributed by atoms with Gasteiger partial charge in [0.05, 0.1) is 0 Å². The molecular formula is C12H10F5NS. The summed E-state index contributed by atoms with van der Waals surface area (Å²) < 4.78 is 63.2. The Balaban J connectivity index is 2.37. The fourth-order valence-corrected chi connectivity index (χ4v) is 2.19. The molecule has 0 saturated carbocycles. The highest BCUT2D eigenvalue weighted by Crippen LogP contribution is 3.02. The van der Waals surface area contributed by atoms with Crippen LogP contribution in [0.5, 0.6) is 0 Å². The van der Waals surface area contributed by atoms with Gasteiger partial charge in [-0.2, -0.15) is 0 Å². The number of nitrogens with one attached hydrogen (secondary N) is 1. The molecular weight excluding hydrogens is 285 g/mol. The maximum Gasteiger partial charge on any atom is 0.310 e. The van der Waals surface area contributed by atoms with Crippen LogP contribution >= 0.6 is 10.2 Å². The molecule has 0 amide bonds. The van der Waals surface area contributed by atoms with E-state index < -0.39 is 15.1 Å². The van der Waals surface area contributed by atoms with Gasteiger partial charge in [-0.05, 0) is 30.3 Å². The first-order chi connectivity index (χ1) is 8.54. The third-order valence-corrected chi connectivity index (χ3v) is 3.49. The molecule has 7 heteroatoms. The van der Waals surface area contributed by atoms with Gasteiger partial charge in [-0.25, -0.2) is 0 Å². The highest BCUT2D eigenvalue weighted by Gasteiger charge is 2.65. The Kier molecular flexibility index (Phi) is 2.61. The van der Waals surface area contributed by atoms with Gasteiger partial charge in [0.15, 0.2) is 0 Å². The number of halogens is 5. The lowest BCUT2D eigenvalue weighted by Crippen LogP contribution is -2.06. The Morgan fingerprint density at radius 2 is 1.26 bits per heavy atom. The molecule has 0 atom stereocenters. The molecule has 2 aromatic rings. The van der Waals surface area contributed by atoms with Gasteiger partial charge in [0.25, 0.3) is 0 Å². The van der Waals surface area contributed by atoms with Gasteiger partial charge < -0.3 is 5.32 Å². The third kappa shape index (κ3) is 3.60. The number of hydrogen-bond acceptors (Lipinski definition) is 1. The molecule has 0 radical (unpaired) electrons. The minimum Gasteiger partial charge on any atom is -0.355 e. The Bertz CT molecular complexity index is 594. The zero-order chi connectivity index (χ0) is 14.2. The summed E-state index contributed by atoms with van der Waals surface area (Å²) in [7, 11) is -9.63. The summed E-state index contributed by atoms with van der Waals surface area (Å²) in [5.74, 6) is 0. The lowest BCUT2D eigenvalue weighted by atomic mass is 10.3. The van der Waals surface area contributed by atoms with Crippen molar-refractivity contribution in [2.75, 3.05) is 5.32 Å². The summed E-state index contributed by atoms with van der Waals surface area (Å²) in [6.45, 7) is 0. The van der Waals surface area contributed by atoms with E-state index in [-0.39, 0.29) is 5.69 Å². The number of benzene rings is 2. The van der Waals surface area contributed by atoms with Crippen LogP contribution < -0.4 is 5.32 Å². The molecule has 2 rings (SSSR count). The highest BCUT2D eigenvalue weighted by atomic mass is 32.5. The lowest BCUT2D eigenvalue weighted by Gasteiger charge is -2.40. The van der Waals surface area contributed by atoms with Crippen LogP contribution in [0.3, 0.4) is 0 Å². The minimum atomic E-state index is -9.63. The van der Waals surface area contributed by atoms with Crippen molar-refractivity contribution in [3.8, 4) is 0 Å². The lowest BCUT2D eigenvalue weighted by molar-refractivity contribution is 0.364. The summed E-state index contributed by atoms with van der Waals surface area (Å²) >= 11 is 0. The summed E-state index contributed by atoms with van der Waals surface area (Å²) in [4.78, 5) is -1.90. The van der Waals surface area contributed by atoms with Crippen LogP contribution in [0.1, 0.15) is 0 Å². The summed E-state index contributed by atoms with van der Waals surface area (Å²) in [5, 5.41) is 2.64. The third-order valence-electron chi connectivity index (χ3n) is 2.34. The van der Waals surface area contributed by atoms with E-state index in [1.807, 2.05) is 0 Å². The standard InChI is InChI=1S/C12H10F5NS/c13-19(14,15,16,17)12-8-4-7-11(9-12)18-10-5-2-1-3-6-10/h1-9,18H. The predicted octanol–water partition coefficient (Wildman–Crippen LogP) is 6.09. The van der Waals surface area contributed by atoms with Gasteiger partial charge in [-0.15, -0.1) is 0 Å². The molecule has 0 fully saturated rings. The number of para-hydroxylation sites is 1. The maximum atomic E-state index is 12.6. The van der Waals surface area contributed by atoms with Crippen LogP contribution in [0.25, 0.3) is 0 Å². The SMILES string of the molecule is FS(F)(F)(F)(F)c1cccc(Nc2ccccc2)c1. The van der Waals surface area contributed by atoms with Crippen molar-refractivity contribution >= 4 is 21.6 Å². The van der Waals surface area contributed by atoms with Crippen LogP contribution in [0.15, 0.2) is 59.5 Å². The number of rotatable bonds is 3. The van der Waals surface area contributed by atoms with Gasteiger partial charge in [0.2, 0.25) is 0 Å². The smallest absolute Gasteiger partial charge is 0.310 e. The Morgan fingerprint density at radius 3 is 1.84 bits per heavy atom. The van der Waals surface area contributed by atoms with E-state index in [4.69, 9.17) is 0 Å². The van der Waals surface area contributed by atoms with Crippen molar-refractivity contribution in [2.24, 2.45) is 0 Å². The number of hydrogen-bond donors (Lipinski definition) is 1. The van der Waals surface area contributed by atoms with Crippen LogP contribution in [-0.4, -0.2) is 0 Å². The van der Waals surface area contributed by atoms with Crippen LogP contribution in [0.2, 0.25) is 0 Å².